The van der Waals surface area contributed by atoms with Crippen LogP contribution in [0.1, 0.15) is 27.7 Å². The summed E-state index contributed by atoms with van der Waals surface area (Å²) in [5, 5.41) is 3.05. The maximum atomic E-state index is 6.53. The van der Waals surface area contributed by atoms with Crippen molar-refractivity contribution in [2.75, 3.05) is 4.90 Å². The van der Waals surface area contributed by atoms with Gasteiger partial charge in [0.15, 0.2) is 17.2 Å². The van der Waals surface area contributed by atoms with E-state index in [4.69, 9.17) is 23.8 Å². The van der Waals surface area contributed by atoms with Crippen LogP contribution in [0.5, 0.6) is 0 Å². The zero-order chi connectivity index (χ0) is 28.4. The van der Waals surface area contributed by atoms with Crippen LogP contribution in [0.3, 0.4) is 0 Å². The molecule has 0 bridgehead atoms. The monoisotopic (exact) mass is 549 g/mol. The summed E-state index contributed by atoms with van der Waals surface area (Å²) in [5.74, 6) is 2.17. The summed E-state index contributed by atoms with van der Waals surface area (Å²) in [7, 11) is 0. The van der Waals surface area contributed by atoms with E-state index in [-0.39, 0.29) is 5.54 Å². The van der Waals surface area contributed by atoms with Crippen LogP contribution >= 0.6 is 0 Å². The number of para-hydroxylation sites is 2. The van der Waals surface area contributed by atoms with E-state index in [1.165, 1.54) is 0 Å². The van der Waals surface area contributed by atoms with Gasteiger partial charge in [-0.15, -0.1) is 0 Å². The van der Waals surface area contributed by atoms with Crippen molar-refractivity contribution in [2.24, 2.45) is 0 Å². The number of imidazole rings is 1. The van der Waals surface area contributed by atoms with E-state index in [1.54, 1.807) is 0 Å². The van der Waals surface area contributed by atoms with E-state index in [1.807, 2.05) is 66.7 Å². The molecule has 0 saturated carbocycles. The number of anilines is 2. The molecule has 4 aromatic carbocycles. The molecule has 0 fully saturated rings. The molecule has 0 spiro atoms. The molecule has 0 atom stereocenters. The fourth-order valence-corrected chi connectivity index (χ4v) is 6.64. The molecule has 0 aliphatic carbocycles. The molecule has 5 heterocycles. The normalized spacial score (nSPS) is 16.0. The third-order valence-corrected chi connectivity index (χ3v) is 9.41. The van der Waals surface area contributed by atoms with E-state index in [9.17, 15) is 0 Å². The molecular formula is C35H27N5O2. The first-order chi connectivity index (χ1) is 20.3. The van der Waals surface area contributed by atoms with Gasteiger partial charge in [-0.2, -0.15) is 0 Å². The summed E-state index contributed by atoms with van der Waals surface area (Å²) in [6, 6.07) is 30.5. The summed E-state index contributed by atoms with van der Waals surface area (Å²) in [5.41, 5.74) is 6.05. The van der Waals surface area contributed by atoms with E-state index >= 15 is 0 Å². The molecule has 1 aliphatic rings. The molecule has 42 heavy (non-hydrogen) atoms. The summed E-state index contributed by atoms with van der Waals surface area (Å²) in [6.07, 6.45) is 0. The first-order valence-corrected chi connectivity index (χ1v) is 14.2. The van der Waals surface area contributed by atoms with Gasteiger partial charge in [-0.05, 0) is 58.0 Å². The predicted octanol–water partition coefficient (Wildman–Crippen LogP) is 8.96. The summed E-state index contributed by atoms with van der Waals surface area (Å²) in [4.78, 5) is 17.9. The standard InChI is InChI=1S/C35H27N5O2/c1-34(2)35(3,4)40(33-37-29-23(39(33)34)18-19-26-27(29)21-14-8-10-16-24(21)41-26)32-30-28(22-15-9-11-17-25(22)42-30)36-31(38-32)20-12-6-5-7-13-20/h5-19H,1-4H3. The molecule has 1 aliphatic heterocycles. The Hall–Kier alpha value is -5.17. The van der Waals surface area contributed by atoms with Crippen LogP contribution in [0.25, 0.3) is 66.4 Å². The smallest absolute Gasteiger partial charge is 0.213 e. The van der Waals surface area contributed by atoms with Gasteiger partial charge in [0, 0.05) is 16.3 Å². The molecule has 0 unspecified atom stereocenters. The summed E-state index contributed by atoms with van der Waals surface area (Å²) >= 11 is 0. The first kappa shape index (κ1) is 23.5. The molecule has 7 heteroatoms. The van der Waals surface area contributed by atoms with E-state index in [0.29, 0.717) is 17.2 Å². The molecule has 0 radical (unpaired) electrons. The van der Waals surface area contributed by atoms with E-state index in [2.05, 4.69) is 61.4 Å². The Morgan fingerprint density at radius 3 is 2.07 bits per heavy atom. The number of benzene rings is 4. The minimum atomic E-state index is -0.425. The fraction of sp³-hybridized carbons (Fsp3) is 0.171. The van der Waals surface area contributed by atoms with Crippen LogP contribution in [0.2, 0.25) is 0 Å². The second-order valence-corrected chi connectivity index (χ2v) is 12.1. The SMILES string of the molecule is CC1(C)N(c2nc(-c3ccccc3)nc3c2oc2ccccc23)c2nc3c4c(ccc3n2C1(C)C)oc1ccccc14. The molecular weight excluding hydrogens is 522 g/mol. The molecule has 7 nitrogen and oxygen atoms in total. The largest absolute Gasteiger partial charge is 0.456 e. The van der Waals surface area contributed by atoms with Crippen molar-refractivity contribution in [3.8, 4) is 11.4 Å². The Bertz CT molecular complexity index is 2380. The Kier molecular flexibility index (Phi) is 4.35. The van der Waals surface area contributed by atoms with Gasteiger partial charge >= 0.3 is 0 Å². The second kappa shape index (κ2) is 7.76. The number of fused-ring (bicyclic) bond motifs is 10. The average Bonchev–Trinajstić information content (AvgIpc) is 3.71. The Morgan fingerprint density at radius 2 is 1.29 bits per heavy atom. The van der Waals surface area contributed by atoms with Crippen molar-refractivity contribution in [3.05, 3.63) is 91.0 Å². The number of aromatic nitrogens is 4. The zero-order valence-corrected chi connectivity index (χ0v) is 23.7. The van der Waals surface area contributed by atoms with E-state index in [0.717, 1.165) is 61.0 Å². The highest BCUT2D eigenvalue weighted by Gasteiger charge is 2.54. The third kappa shape index (κ3) is 2.82. The van der Waals surface area contributed by atoms with Crippen molar-refractivity contribution < 1.29 is 8.83 Å². The highest BCUT2D eigenvalue weighted by atomic mass is 16.3. The van der Waals surface area contributed by atoms with Gasteiger partial charge in [0.2, 0.25) is 5.95 Å². The van der Waals surface area contributed by atoms with Crippen molar-refractivity contribution in [3.63, 3.8) is 0 Å². The van der Waals surface area contributed by atoms with Crippen LogP contribution in [-0.2, 0) is 5.54 Å². The highest BCUT2D eigenvalue weighted by Crippen LogP contribution is 2.53. The maximum Gasteiger partial charge on any atom is 0.213 e. The average molecular weight is 550 g/mol. The van der Waals surface area contributed by atoms with Crippen LogP contribution < -0.4 is 4.90 Å². The lowest BCUT2D eigenvalue weighted by Gasteiger charge is -2.41. The minimum absolute atomic E-state index is 0.361. The summed E-state index contributed by atoms with van der Waals surface area (Å²) in [6.45, 7) is 9.03. The lowest BCUT2D eigenvalue weighted by atomic mass is 9.82. The Balaban J connectivity index is 1.40. The highest BCUT2D eigenvalue weighted by molar-refractivity contribution is 6.17. The molecule has 204 valence electrons. The van der Waals surface area contributed by atoms with Gasteiger partial charge in [0.05, 0.1) is 22.0 Å². The van der Waals surface area contributed by atoms with Crippen LogP contribution in [0, 0.1) is 0 Å². The maximum absolute atomic E-state index is 6.53. The van der Waals surface area contributed by atoms with Gasteiger partial charge in [0.25, 0.3) is 0 Å². The third-order valence-electron chi connectivity index (χ3n) is 9.41. The van der Waals surface area contributed by atoms with Crippen molar-refractivity contribution in [1.29, 1.82) is 0 Å². The quantitative estimate of drug-likeness (QED) is 0.214. The number of furan rings is 2. The van der Waals surface area contributed by atoms with Gasteiger partial charge in [-0.3, -0.25) is 4.90 Å². The van der Waals surface area contributed by atoms with Crippen LogP contribution in [0.4, 0.5) is 11.8 Å². The fourth-order valence-electron chi connectivity index (χ4n) is 6.64. The zero-order valence-electron chi connectivity index (χ0n) is 23.7. The van der Waals surface area contributed by atoms with Crippen molar-refractivity contribution in [2.45, 2.75) is 38.8 Å². The molecule has 0 N–H and O–H groups in total. The molecule has 0 amide bonds. The predicted molar refractivity (Wildman–Crippen MR) is 167 cm³/mol. The first-order valence-electron chi connectivity index (χ1n) is 14.2. The minimum Gasteiger partial charge on any atom is -0.456 e. The van der Waals surface area contributed by atoms with Gasteiger partial charge < -0.3 is 13.4 Å². The van der Waals surface area contributed by atoms with Crippen LogP contribution in [0.15, 0.2) is 99.8 Å². The van der Waals surface area contributed by atoms with Gasteiger partial charge in [-0.25, -0.2) is 15.0 Å². The number of rotatable bonds is 2. The number of hydrogen-bond acceptors (Lipinski definition) is 6. The molecule has 9 rings (SSSR count). The van der Waals surface area contributed by atoms with Gasteiger partial charge in [0.1, 0.15) is 27.8 Å². The topological polar surface area (TPSA) is 73.1 Å². The van der Waals surface area contributed by atoms with Gasteiger partial charge in [-0.1, -0.05) is 60.7 Å². The number of nitrogens with zero attached hydrogens (tertiary/aromatic N) is 5. The Morgan fingerprint density at radius 1 is 0.595 bits per heavy atom. The lowest BCUT2D eigenvalue weighted by molar-refractivity contribution is 0.252. The number of hydrogen-bond donors (Lipinski definition) is 0. The second-order valence-electron chi connectivity index (χ2n) is 12.1. The molecule has 4 aromatic heterocycles. The summed E-state index contributed by atoms with van der Waals surface area (Å²) < 4.78 is 15.1. The van der Waals surface area contributed by atoms with Crippen molar-refractivity contribution >= 4 is 66.8 Å². The van der Waals surface area contributed by atoms with E-state index < -0.39 is 5.54 Å². The van der Waals surface area contributed by atoms with Crippen LogP contribution in [-0.4, -0.2) is 25.1 Å². The Labute approximate surface area is 241 Å². The molecule has 0 saturated heterocycles. The lowest BCUT2D eigenvalue weighted by Crippen LogP contribution is -2.50. The molecule has 8 aromatic rings. The van der Waals surface area contributed by atoms with Crippen molar-refractivity contribution in [1.82, 2.24) is 19.5 Å².